The molecule has 78 valence electrons. The number of aromatic nitrogens is 1. The van der Waals surface area contributed by atoms with Gasteiger partial charge in [-0.15, -0.1) is 0 Å². The summed E-state index contributed by atoms with van der Waals surface area (Å²) in [5, 5.41) is 0. The van der Waals surface area contributed by atoms with E-state index in [-0.39, 0.29) is 0 Å². The average molecular weight is 205 g/mol. The molecule has 5 heteroatoms. The molecule has 0 aliphatic carbocycles. The summed E-state index contributed by atoms with van der Waals surface area (Å²) in [5.41, 5.74) is -2.07. The van der Waals surface area contributed by atoms with E-state index >= 15 is 0 Å². The van der Waals surface area contributed by atoms with E-state index in [4.69, 9.17) is 0 Å². The van der Waals surface area contributed by atoms with Gasteiger partial charge in [0.2, 0.25) is 0 Å². The van der Waals surface area contributed by atoms with Crippen molar-refractivity contribution in [2.24, 2.45) is 0 Å². The highest BCUT2D eigenvalue weighted by Crippen LogP contribution is 2.25. The maximum Gasteiger partial charge on any atom is 0.421 e. The SMILES string of the molecule is CCCn1cccc(C(F)(F)F)c1=O. The molecule has 0 saturated heterocycles. The summed E-state index contributed by atoms with van der Waals surface area (Å²) in [7, 11) is 0. The maximum absolute atomic E-state index is 12.3. The molecule has 14 heavy (non-hydrogen) atoms. The normalized spacial score (nSPS) is 11.7. The van der Waals surface area contributed by atoms with Gasteiger partial charge in [-0.3, -0.25) is 4.79 Å². The van der Waals surface area contributed by atoms with Crippen LogP contribution in [0.2, 0.25) is 0 Å². The van der Waals surface area contributed by atoms with Crippen LogP contribution in [0.4, 0.5) is 13.2 Å². The first kappa shape index (κ1) is 10.8. The molecule has 1 aromatic heterocycles. The van der Waals surface area contributed by atoms with E-state index in [1.54, 1.807) is 6.92 Å². The van der Waals surface area contributed by atoms with Crippen molar-refractivity contribution < 1.29 is 13.2 Å². The summed E-state index contributed by atoms with van der Waals surface area (Å²) >= 11 is 0. The van der Waals surface area contributed by atoms with Crippen LogP contribution in [-0.4, -0.2) is 4.57 Å². The zero-order valence-corrected chi connectivity index (χ0v) is 7.64. The van der Waals surface area contributed by atoms with E-state index in [2.05, 4.69) is 0 Å². The second-order valence-electron chi connectivity index (χ2n) is 2.92. The van der Waals surface area contributed by atoms with Crippen LogP contribution in [0.5, 0.6) is 0 Å². The third-order valence-corrected chi connectivity index (χ3v) is 1.79. The summed E-state index contributed by atoms with van der Waals surface area (Å²) in [6, 6.07) is 2.04. The van der Waals surface area contributed by atoms with Crippen molar-refractivity contribution >= 4 is 0 Å². The Bertz CT molecular complexity index is 367. The lowest BCUT2D eigenvalue weighted by Gasteiger charge is -2.08. The summed E-state index contributed by atoms with van der Waals surface area (Å²) < 4.78 is 37.8. The van der Waals surface area contributed by atoms with Crippen molar-refractivity contribution in [1.29, 1.82) is 0 Å². The zero-order chi connectivity index (χ0) is 10.8. The van der Waals surface area contributed by atoms with Gasteiger partial charge in [0, 0.05) is 12.7 Å². The molecule has 0 aromatic carbocycles. The fraction of sp³-hybridized carbons (Fsp3) is 0.444. The van der Waals surface area contributed by atoms with Crippen molar-refractivity contribution in [2.75, 3.05) is 0 Å². The van der Waals surface area contributed by atoms with Crippen molar-refractivity contribution in [3.05, 3.63) is 34.2 Å². The molecule has 0 fully saturated rings. The smallest absolute Gasteiger partial charge is 0.315 e. The standard InChI is InChI=1S/C9H10F3NO/c1-2-5-13-6-3-4-7(8(13)14)9(10,11)12/h3-4,6H,2,5H2,1H3. The molecule has 0 amide bonds. The van der Waals surface area contributed by atoms with Crippen molar-refractivity contribution in [3.8, 4) is 0 Å². The quantitative estimate of drug-likeness (QED) is 0.725. The number of aryl methyl sites for hydroxylation is 1. The minimum absolute atomic E-state index is 0.308. The molecule has 0 aliphatic rings. The molecule has 0 atom stereocenters. The van der Waals surface area contributed by atoms with Gasteiger partial charge in [-0.25, -0.2) is 0 Å². The Morgan fingerprint density at radius 2 is 2.07 bits per heavy atom. The average Bonchev–Trinajstić information content (AvgIpc) is 2.07. The molecule has 0 radical (unpaired) electrons. The Kier molecular flexibility index (Phi) is 2.98. The van der Waals surface area contributed by atoms with Gasteiger partial charge in [-0.05, 0) is 18.6 Å². The summed E-state index contributed by atoms with van der Waals surface area (Å²) in [5.74, 6) is 0. The summed E-state index contributed by atoms with van der Waals surface area (Å²) in [4.78, 5) is 11.2. The van der Waals surface area contributed by atoms with Gasteiger partial charge in [-0.1, -0.05) is 6.92 Å². The van der Waals surface area contributed by atoms with E-state index in [1.807, 2.05) is 0 Å². The Hall–Kier alpha value is -1.26. The van der Waals surface area contributed by atoms with E-state index in [0.717, 1.165) is 10.6 Å². The van der Waals surface area contributed by atoms with Gasteiger partial charge in [0.15, 0.2) is 0 Å². The lowest BCUT2D eigenvalue weighted by Crippen LogP contribution is -2.27. The topological polar surface area (TPSA) is 22.0 Å². The summed E-state index contributed by atoms with van der Waals surface area (Å²) in [6.07, 6.45) is -2.57. The Morgan fingerprint density at radius 3 is 2.57 bits per heavy atom. The third kappa shape index (κ3) is 2.16. The molecule has 0 unspecified atom stereocenters. The summed E-state index contributed by atoms with van der Waals surface area (Å²) in [6.45, 7) is 2.11. The van der Waals surface area contributed by atoms with Gasteiger partial charge in [0.1, 0.15) is 5.56 Å². The molecule has 1 aromatic rings. The Labute approximate surface area is 79.0 Å². The molecule has 0 N–H and O–H groups in total. The maximum atomic E-state index is 12.3. The lowest BCUT2D eigenvalue weighted by atomic mass is 10.2. The molecule has 2 nitrogen and oxygen atoms in total. The van der Waals surface area contributed by atoms with Crippen LogP contribution in [0.15, 0.2) is 23.1 Å². The molecule has 0 bridgehead atoms. The Balaban J connectivity index is 3.22. The third-order valence-electron chi connectivity index (χ3n) is 1.79. The van der Waals surface area contributed by atoms with Gasteiger partial charge in [0.05, 0.1) is 0 Å². The predicted octanol–water partition coefficient (Wildman–Crippen LogP) is 2.28. The van der Waals surface area contributed by atoms with Crippen LogP contribution in [0.25, 0.3) is 0 Å². The zero-order valence-electron chi connectivity index (χ0n) is 7.64. The van der Waals surface area contributed by atoms with Crippen molar-refractivity contribution in [1.82, 2.24) is 4.57 Å². The fourth-order valence-electron chi connectivity index (χ4n) is 1.17. The first-order valence-electron chi connectivity index (χ1n) is 4.23. The molecule has 0 saturated carbocycles. The number of hydrogen-bond acceptors (Lipinski definition) is 1. The number of hydrogen-bond donors (Lipinski definition) is 0. The monoisotopic (exact) mass is 205 g/mol. The highest BCUT2D eigenvalue weighted by molar-refractivity contribution is 5.13. The van der Waals surface area contributed by atoms with Crippen LogP contribution in [0.1, 0.15) is 18.9 Å². The van der Waals surface area contributed by atoms with Gasteiger partial charge in [-0.2, -0.15) is 13.2 Å². The Morgan fingerprint density at radius 1 is 1.43 bits per heavy atom. The van der Waals surface area contributed by atoms with Crippen LogP contribution in [-0.2, 0) is 12.7 Å². The highest BCUT2D eigenvalue weighted by atomic mass is 19.4. The van der Waals surface area contributed by atoms with Crippen LogP contribution in [0, 0.1) is 0 Å². The number of alkyl halides is 3. The van der Waals surface area contributed by atoms with Gasteiger partial charge >= 0.3 is 6.18 Å². The molecular weight excluding hydrogens is 195 g/mol. The number of halogens is 3. The van der Waals surface area contributed by atoms with E-state index < -0.39 is 17.3 Å². The fourth-order valence-corrected chi connectivity index (χ4v) is 1.17. The second-order valence-corrected chi connectivity index (χ2v) is 2.92. The highest BCUT2D eigenvalue weighted by Gasteiger charge is 2.34. The van der Waals surface area contributed by atoms with Crippen molar-refractivity contribution in [2.45, 2.75) is 26.1 Å². The molecule has 1 rings (SSSR count). The van der Waals surface area contributed by atoms with E-state index in [0.29, 0.717) is 13.0 Å². The van der Waals surface area contributed by atoms with Gasteiger partial charge < -0.3 is 4.57 Å². The van der Waals surface area contributed by atoms with Gasteiger partial charge in [0.25, 0.3) is 5.56 Å². The van der Waals surface area contributed by atoms with Crippen LogP contribution < -0.4 is 5.56 Å². The minimum Gasteiger partial charge on any atom is -0.315 e. The largest absolute Gasteiger partial charge is 0.421 e. The van der Waals surface area contributed by atoms with Crippen molar-refractivity contribution in [3.63, 3.8) is 0 Å². The predicted molar refractivity (Wildman–Crippen MR) is 46.0 cm³/mol. The molecular formula is C9H10F3NO. The number of rotatable bonds is 2. The molecule has 1 heterocycles. The van der Waals surface area contributed by atoms with E-state index in [1.165, 1.54) is 12.3 Å². The van der Waals surface area contributed by atoms with Crippen LogP contribution in [0.3, 0.4) is 0 Å². The first-order valence-corrected chi connectivity index (χ1v) is 4.23. The number of pyridine rings is 1. The lowest BCUT2D eigenvalue weighted by molar-refractivity contribution is -0.139. The van der Waals surface area contributed by atoms with E-state index in [9.17, 15) is 18.0 Å². The molecule has 0 aliphatic heterocycles. The number of nitrogens with zero attached hydrogens (tertiary/aromatic N) is 1. The molecule has 0 spiro atoms. The first-order chi connectivity index (χ1) is 6.46. The second kappa shape index (κ2) is 3.86. The minimum atomic E-state index is -4.56. The van der Waals surface area contributed by atoms with Crippen LogP contribution >= 0.6 is 0 Å².